The highest BCUT2D eigenvalue weighted by Gasteiger charge is 2.72. The number of hydrogen-bond acceptors (Lipinski definition) is 8. The molecule has 0 radical (unpaired) electrons. The summed E-state index contributed by atoms with van der Waals surface area (Å²) in [6, 6.07) is 1.74. The van der Waals surface area contributed by atoms with Gasteiger partial charge in [-0.05, 0) is 97.3 Å². The molecule has 10 heteroatoms. The van der Waals surface area contributed by atoms with Crippen LogP contribution >= 0.6 is 0 Å². The predicted molar refractivity (Wildman–Crippen MR) is 201 cm³/mol. The van der Waals surface area contributed by atoms with E-state index >= 15 is 0 Å². The molecule has 4 aliphatic carbocycles. The van der Waals surface area contributed by atoms with E-state index in [9.17, 15) is 9.90 Å². The number of nitrogens with two attached hydrogens (primary N) is 1. The van der Waals surface area contributed by atoms with E-state index in [1.807, 2.05) is 6.07 Å². The van der Waals surface area contributed by atoms with Crippen molar-refractivity contribution in [1.29, 1.82) is 0 Å². The largest absolute Gasteiger partial charge is 0.481 e. The second-order valence-corrected chi connectivity index (χ2v) is 19.6. The van der Waals surface area contributed by atoms with E-state index in [4.69, 9.17) is 25.3 Å². The van der Waals surface area contributed by atoms with E-state index < -0.39 is 17.4 Å². The van der Waals surface area contributed by atoms with Gasteiger partial charge < -0.3 is 20.3 Å². The van der Waals surface area contributed by atoms with Crippen LogP contribution in [0.2, 0.25) is 0 Å². The van der Waals surface area contributed by atoms with Crippen molar-refractivity contribution in [3.63, 3.8) is 0 Å². The van der Waals surface area contributed by atoms with Crippen LogP contribution in [0.1, 0.15) is 114 Å². The van der Waals surface area contributed by atoms with Crippen LogP contribution in [-0.2, 0) is 14.3 Å². The number of nitrogens with zero attached hydrogens (tertiary/aromatic N) is 5. The molecule has 2 aromatic heterocycles. The molecule has 1 saturated heterocycles. The highest BCUT2D eigenvalue weighted by molar-refractivity contribution is 5.73. The van der Waals surface area contributed by atoms with Gasteiger partial charge in [-0.1, -0.05) is 74.0 Å². The molecule has 5 aliphatic rings. The predicted octanol–water partition coefficient (Wildman–Crippen LogP) is 7.62. The molecule has 0 aromatic carbocycles. The zero-order chi connectivity index (χ0) is 37.6. The number of fused-ring (bicyclic) bond motifs is 3. The minimum atomic E-state index is -0.629. The molecule has 1 unspecified atom stereocenters. The van der Waals surface area contributed by atoms with Gasteiger partial charge in [0, 0.05) is 22.6 Å². The van der Waals surface area contributed by atoms with Crippen molar-refractivity contribution >= 4 is 5.97 Å². The summed E-state index contributed by atoms with van der Waals surface area (Å²) in [6.07, 6.45) is 12.8. The normalized spacial score (nSPS) is 41.7. The van der Waals surface area contributed by atoms with Crippen LogP contribution in [0.25, 0.3) is 11.5 Å². The molecule has 3 saturated carbocycles. The Bertz CT molecular complexity index is 1690. The van der Waals surface area contributed by atoms with Gasteiger partial charge in [0.25, 0.3) is 0 Å². The van der Waals surface area contributed by atoms with Crippen molar-refractivity contribution in [2.45, 2.75) is 125 Å². The minimum Gasteiger partial charge on any atom is -0.481 e. The lowest BCUT2D eigenvalue weighted by Crippen LogP contribution is -2.69. The Hall–Kier alpha value is -2.69. The quantitative estimate of drug-likeness (QED) is 0.251. The average Bonchev–Trinajstić information content (AvgIpc) is 3.58. The molecular formula is C42H64N6O4. The first-order chi connectivity index (χ1) is 24.4. The van der Waals surface area contributed by atoms with Crippen molar-refractivity contribution in [2.75, 3.05) is 19.8 Å². The SMILES string of the molecule is CC(C)[C@@H](C)[C@@]1(C)CC[C@]2(C)[C@H]3CC[C@@H]4C5(COC[C@]4(C)[C@@H](OC[C@](C)(N)C(C)C)[C@H](n4ncnc4-c4ccncn4)C5)C3=CC[C@@]2(C)[C@@H]1C(=O)O. The van der Waals surface area contributed by atoms with Crippen LogP contribution < -0.4 is 5.73 Å². The number of rotatable bonds is 9. The summed E-state index contributed by atoms with van der Waals surface area (Å²) in [6.45, 7) is 24.3. The van der Waals surface area contributed by atoms with Gasteiger partial charge >= 0.3 is 5.97 Å². The topological polar surface area (TPSA) is 138 Å². The van der Waals surface area contributed by atoms with Crippen LogP contribution in [0, 0.1) is 62.6 Å². The zero-order valence-corrected chi connectivity index (χ0v) is 33.4. The molecule has 0 spiro atoms. The summed E-state index contributed by atoms with van der Waals surface area (Å²) in [4.78, 5) is 27.0. The molecule has 3 N–H and O–H groups in total. The Balaban J connectivity index is 1.35. The van der Waals surface area contributed by atoms with Crippen LogP contribution in [0.15, 0.2) is 36.6 Å². The average molecular weight is 717 g/mol. The van der Waals surface area contributed by atoms with E-state index in [0.717, 1.165) is 44.2 Å². The highest BCUT2D eigenvalue weighted by Crippen LogP contribution is 2.75. The summed E-state index contributed by atoms with van der Waals surface area (Å²) >= 11 is 0. The zero-order valence-electron chi connectivity index (χ0n) is 33.4. The Labute approximate surface area is 311 Å². The molecule has 4 fully saturated rings. The highest BCUT2D eigenvalue weighted by atomic mass is 16.5. The molecule has 1 aliphatic heterocycles. The van der Waals surface area contributed by atoms with Gasteiger partial charge in [0.05, 0.1) is 37.9 Å². The first-order valence-electron chi connectivity index (χ1n) is 19.9. The first-order valence-corrected chi connectivity index (χ1v) is 19.9. The van der Waals surface area contributed by atoms with E-state index in [1.165, 1.54) is 5.57 Å². The lowest BCUT2D eigenvalue weighted by molar-refractivity contribution is -0.252. The van der Waals surface area contributed by atoms with Crippen molar-refractivity contribution < 1.29 is 19.4 Å². The molecule has 2 bridgehead atoms. The molecule has 12 atom stereocenters. The second kappa shape index (κ2) is 12.7. The third-order valence-corrected chi connectivity index (χ3v) is 16.7. The second-order valence-electron chi connectivity index (χ2n) is 19.6. The Morgan fingerprint density at radius 3 is 2.48 bits per heavy atom. The number of ether oxygens (including phenoxy) is 2. The van der Waals surface area contributed by atoms with Crippen LogP contribution in [0.3, 0.4) is 0 Å². The maximum absolute atomic E-state index is 13.5. The van der Waals surface area contributed by atoms with Gasteiger partial charge in [0.2, 0.25) is 0 Å². The third-order valence-electron chi connectivity index (χ3n) is 16.7. The van der Waals surface area contributed by atoms with Gasteiger partial charge in [-0.25, -0.2) is 19.6 Å². The standard InChI is InChI=1S/C42H64N6O4/c1-25(2)27(5)37(6)16-17-39(8)28-11-12-32-38(7)20-51-22-42(32,29(28)13-15-40(39,9)33(37)36(49)50)19-31(34(38)52-21-41(10,43)26(3)4)48-35(46-24-47-48)30-14-18-44-23-45-30/h13-14,18,23-28,31-34H,11-12,15-17,19-22,43H2,1-10H3,(H,49,50)/t27-,28+,31-,32+,33-,34+,37-,38+,39-,40+,41+,42?/m1/s1. The summed E-state index contributed by atoms with van der Waals surface area (Å²) in [5, 5.41) is 16.0. The number of carbonyl (C=O) groups is 1. The molecule has 10 nitrogen and oxygen atoms in total. The fraction of sp³-hybridized carbons (Fsp3) is 0.786. The van der Waals surface area contributed by atoms with E-state index in [1.54, 1.807) is 18.9 Å². The number of hydrogen-bond donors (Lipinski definition) is 2. The van der Waals surface area contributed by atoms with Crippen LogP contribution in [0.4, 0.5) is 0 Å². The van der Waals surface area contributed by atoms with Gasteiger partial charge in [-0.15, -0.1) is 0 Å². The smallest absolute Gasteiger partial charge is 0.307 e. The number of carboxylic acid groups (broad SMARTS) is 1. The summed E-state index contributed by atoms with van der Waals surface area (Å²) < 4.78 is 16.0. The van der Waals surface area contributed by atoms with E-state index in [2.05, 4.69) is 90.0 Å². The van der Waals surface area contributed by atoms with Crippen molar-refractivity contribution in [1.82, 2.24) is 24.7 Å². The van der Waals surface area contributed by atoms with Crippen LogP contribution in [-0.4, -0.2) is 67.3 Å². The Kier molecular flexibility index (Phi) is 9.18. The molecular weight excluding hydrogens is 653 g/mol. The van der Waals surface area contributed by atoms with E-state index in [0.29, 0.717) is 43.4 Å². The van der Waals surface area contributed by atoms with Gasteiger partial charge in [0.15, 0.2) is 5.82 Å². The molecule has 3 heterocycles. The molecule has 0 amide bonds. The Morgan fingerprint density at radius 2 is 1.83 bits per heavy atom. The van der Waals surface area contributed by atoms with Crippen molar-refractivity contribution in [3.8, 4) is 11.5 Å². The molecule has 2 aromatic rings. The summed E-state index contributed by atoms with van der Waals surface area (Å²) in [5.41, 5.74) is 7.21. The van der Waals surface area contributed by atoms with Gasteiger partial charge in [-0.2, -0.15) is 5.10 Å². The third kappa shape index (κ3) is 5.23. The van der Waals surface area contributed by atoms with Crippen LogP contribution in [0.5, 0.6) is 0 Å². The fourth-order valence-corrected chi connectivity index (χ4v) is 12.7. The lowest BCUT2D eigenvalue weighted by atomic mass is 9.34. The van der Waals surface area contributed by atoms with Gasteiger partial charge in [-0.3, -0.25) is 4.79 Å². The molecule has 7 rings (SSSR count). The van der Waals surface area contributed by atoms with Crippen molar-refractivity contribution in [3.05, 3.63) is 36.6 Å². The lowest BCUT2D eigenvalue weighted by Gasteiger charge is -2.71. The number of allylic oxidation sites excluding steroid dienone is 1. The maximum atomic E-state index is 13.5. The number of aliphatic carboxylic acids is 1. The minimum absolute atomic E-state index is 0.144. The summed E-state index contributed by atoms with van der Waals surface area (Å²) in [5.74, 6) is 1.22. The summed E-state index contributed by atoms with van der Waals surface area (Å²) in [7, 11) is 0. The maximum Gasteiger partial charge on any atom is 0.307 e. The van der Waals surface area contributed by atoms with E-state index in [-0.39, 0.29) is 51.1 Å². The monoisotopic (exact) mass is 716 g/mol. The number of aromatic nitrogens is 5. The Morgan fingerprint density at radius 1 is 1.08 bits per heavy atom. The number of carboxylic acids is 1. The van der Waals surface area contributed by atoms with Gasteiger partial charge in [0.1, 0.15) is 18.3 Å². The fourth-order valence-electron chi connectivity index (χ4n) is 12.7. The molecule has 52 heavy (non-hydrogen) atoms. The molecule has 286 valence electrons. The first kappa shape index (κ1) is 37.6. The van der Waals surface area contributed by atoms with Crippen molar-refractivity contribution in [2.24, 2.45) is 68.3 Å².